The molecule has 3 N–H and O–H groups in total. The lowest BCUT2D eigenvalue weighted by molar-refractivity contribution is 0.133. The summed E-state index contributed by atoms with van der Waals surface area (Å²) in [5.74, 6) is -1.07. The van der Waals surface area contributed by atoms with Crippen LogP contribution in [-0.2, 0) is 0 Å². The number of phenolic OH excluding ortho intramolecular Hbond substituents is 1. The Bertz CT molecular complexity index is 278. The lowest BCUT2D eigenvalue weighted by atomic mass is 10.1. The topological polar surface area (TPSA) is 52.5 Å². The number of aromatic hydroxyl groups is 1. The molecule has 0 radical (unpaired) electrons. The molecule has 0 aliphatic carbocycles. The maximum atomic E-state index is 12.7. The third-order valence-corrected chi connectivity index (χ3v) is 1.67. The molecule has 1 rings (SSSR count). The minimum atomic E-state index is -0.686. The normalized spacial score (nSPS) is 12.9. The van der Waals surface area contributed by atoms with Gasteiger partial charge < -0.3 is 10.3 Å². The second kappa shape index (κ2) is 3.51. The van der Waals surface area contributed by atoms with Gasteiger partial charge >= 0.3 is 0 Å². The molecule has 1 aromatic rings. The van der Waals surface area contributed by atoms with E-state index in [1.165, 1.54) is 18.2 Å². The highest BCUT2D eigenvalue weighted by molar-refractivity contribution is 5.29. The van der Waals surface area contributed by atoms with Crippen LogP contribution < -0.4 is 5.48 Å². The van der Waals surface area contributed by atoms with Crippen molar-refractivity contribution in [1.29, 1.82) is 0 Å². The average molecular weight is 171 g/mol. The molecule has 0 saturated heterocycles. The van der Waals surface area contributed by atoms with Crippen LogP contribution in [0, 0.1) is 5.82 Å². The second-order valence-corrected chi connectivity index (χ2v) is 2.56. The largest absolute Gasteiger partial charge is 0.505 e. The predicted octanol–water partition coefficient (Wildman–Crippen LogP) is 1.57. The van der Waals surface area contributed by atoms with Crippen molar-refractivity contribution in [3.05, 3.63) is 29.6 Å². The number of nitrogens with one attached hydrogen (secondary N) is 1. The van der Waals surface area contributed by atoms with Crippen LogP contribution in [0.25, 0.3) is 0 Å². The lowest BCUT2D eigenvalue weighted by Crippen LogP contribution is -2.13. The predicted molar refractivity (Wildman–Crippen MR) is 41.4 cm³/mol. The van der Waals surface area contributed by atoms with Gasteiger partial charge in [-0.3, -0.25) is 0 Å². The van der Waals surface area contributed by atoms with Crippen LogP contribution in [0.3, 0.4) is 0 Å². The van der Waals surface area contributed by atoms with E-state index < -0.39 is 5.82 Å². The molecule has 4 heteroatoms. The van der Waals surface area contributed by atoms with Crippen LogP contribution in [0.15, 0.2) is 18.2 Å². The molecular formula is C8H10FNO2. The molecule has 3 nitrogen and oxygen atoms in total. The van der Waals surface area contributed by atoms with Crippen molar-refractivity contribution in [2.24, 2.45) is 0 Å². The Labute approximate surface area is 69.4 Å². The van der Waals surface area contributed by atoms with Crippen LogP contribution in [-0.4, -0.2) is 10.3 Å². The Morgan fingerprint density at radius 3 is 2.67 bits per heavy atom. The van der Waals surface area contributed by atoms with E-state index in [-0.39, 0.29) is 11.8 Å². The Hall–Kier alpha value is -1.13. The quantitative estimate of drug-likeness (QED) is 0.592. The van der Waals surface area contributed by atoms with Gasteiger partial charge in [0.15, 0.2) is 11.6 Å². The molecule has 0 heterocycles. The summed E-state index contributed by atoms with van der Waals surface area (Å²) < 4.78 is 12.7. The molecule has 0 aliphatic rings. The van der Waals surface area contributed by atoms with Gasteiger partial charge in [0, 0.05) is 0 Å². The monoisotopic (exact) mass is 171 g/mol. The second-order valence-electron chi connectivity index (χ2n) is 2.56. The summed E-state index contributed by atoms with van der Waals surface area (Å²) in [6.45, 7) is 1.67. The maximum absolute atomic E-state index is 12.7. The number of benzene rings is 1. The van der Waals surface area contributed by atoms with Gasteiger partial charge in [-0.15, -0.1) is 0 Å². The van der Waals surface area contributed by atoms with Crippen LogP contribution in [0.1, 0.15) is 18.5 Å². The first-order valence-corrected chi connectivity index (χ1v) is 3.53. The van der Waals surface area contributed by atoms with Gasteiger partial charge in [0.05, 0.1) is 6.04 Å². The molecule has 66 valence electrons. The molecule has 0 saturated carbocycles. The molecule has 12 heavy (non-hydrogen) atoms. The van der Waals surface area contributed by atoms with Crippen molar-refractivity contribution in [2.45, 2.75) is 13.0 Å². The molecule has 0 aromatic heterocycles. The molecule has 0 aliphatic heterocycles. The molecule has 1 atom stereocenters. The summed E-state index contributed by atoms with van der Waals surface area (Å²) in [4.78, 5) is 0. The van der Waals surface area contributed by atoms with Crippen molar-refractivity contribution in [3.8, 4) is 5.75 Å². The van der Waals surface area contributed by atoms with Crippen molar-refractivity contribution in [3.63, 3.8) is 0 Å². The molecular weight excluding hydrogens is 161 g/mol. The van der Waals surface area contributed by atoms with Gasteiger partial charge in [0.2, 0.25) is 0 Å². The molecule has 0 bridgehead atoms. The van der Waals surface area contributed by atoms with E-state index in [1.807, 2.05) is 5.48 Å². The minimum Gasteiger partial charge on any atom is -0.505 e. The highest BCUT2D eigenvalue weighted by Gasteiger charge is 2.06. The van der Waals surface area contributed by atoms with E-state index in [2.05, 4.69) is 0 Å². The Balaban J connectivity index is 2.96. The summed E-state index contributed by atoms with van der Waals surface area (Å²) in [5.41, 5.74) is 2.56. The third kappa shape index (κ3) is 1.72. The minimum absolute atomic E-state index is 0.347. The van der Waals surface area contributed by atoms with E-state index in [9.17, 15) is 4.39 Å². The summed E-state index contributed by atoms with van der Waals surface area (Å²) in [7, 11) is 0. The van der Waals surface area contributed by atoms with E-state index in [0.29, 0.717) is 5.56 Å². The van der Waals surface area contributed by atoms with Gasteiger partial charge in [-0.2, -0.15) is 5.48 Å². The summed E-state index contributed by atoms with van der Waals surface area (Å²) >= 11 is 0. The number of halogens is 1. The smallest absolute Gasteiger partial charge is 0.165 e. The zero-order valence-electron chi connectivity index (χ0n) is 6.58. The fourth-order valence-electron chi connectivity index (χ4n) is 0.867. The van der Waals surface area contributed by atoms with Gasteiger partial charge in [0.25, 0.3) is 0 Å². The van der Waals surface area contributed by atoms with Crippen LogP contribution in [0.4, 0.5) is 4.39 Å². The SMILES string of the molecule is C[C@@H](NO)c1ccc(O)c(F)c1. The average Bonchev–Trinajstić information content (AvgIpc) is 2.08. The maximum Gasteiger partial charge on any atom is 0.165 e. The zero-order chi connectivity index (χ0) is 9.14. The van der Waals surface area contributed by atoms with Gasteiger partial charge in [-0.1, -0.05) is 6.07 Å². The lowest BCUT2D eigenvalue weighted by Gasteiger charge is -2.09. The molecule has 0 spiro atoms. The zero-order valence-corrected chi connectivity index (χ0v) is 6.58. The highest BCUT2D eigenvalue weighted by Crippen LogP contribution is 2.19. The third-order valence-electron chi connectivity index (χ3n) is 1.67. The van der Waals surface area contributed by atoms with Crippen molar-refractivity contribution in [1.82, 2.24) is 5.48 Å². The van der Waals surface area contributed by atoms with E-state index in [0.717, 1.165) is 0 Å². The first-order chi connectivity index (χ1) is 5.65. The number of hydrogen-bond donors (Lipinski definition) is 3. The summed E-state index contributed by atoms with van der Waals surface area (Å²) in [6.07, 6.45) is 0. The number of hydrogen-bond acceptors (Lipinski definition) is 3. The van der Waals surface area contributed by atoms with Gasteiger partial charge in [0.1, 0.15) is 0 Å². The van der Waals surface area contributed by atoms with Crippen LogP contribution in [0.2, 0.25) is 0 Å². The van der Waals surface area contributed by atoms with E-state index in [4.69, 9.17) is 10.3 Å². The molecule has 1 aromatic carbocycles. The number of rotatable bonds is 2. The Morgan fingerprint density at radius 1 is 1.50 bits per heavy atom. The number of phenols is 1. The van der Waals surface area contributed by atoms with Gasteiger partial charge in [-0.05, 0) is 24.6 Å². The van der Waals surface area contributed by atoms with Crippen LogP contribution in [0.5, 0.6) is 5.75 Å². The summed E-state index contributed by atoms with van der Waals surface area (Å²) in [6, 6.07) is 3.61. The molecule has 0 unspecified atom stereocenters. The standard InChI is InChI=1S/C8H10FNO2/c1-5(10-12)6-2-3-8(11)7(9)4-6/h2-5,10-12H,1H3/t5-/m1/s1. The van der Waals surface area contributed by atoms with E-state index in [1.54, 1.807) is 6.92 Å². The Morgan fingerprint density at radius 2 is 2.17 bits per heavy atom. The molecule has 0 amide bonds. The van der Waals surface area contributed by atoms with Crippen molar-refractivity contribution < 1.29 is 14.7 Å². The van der Waals surface area contributed by atoms with Crippen molar-refractivity contribution in [2.75, 3.05) is 0 Å². The molecule has 0 fully saturated rings. The van der Waals surface area contributed by atoms with Gasteiger partial charge in [-0.25, -0.2) is 4.39 Å². The highest BCUT2D eigenvalue weighted by atomic mass is 19.1. The summed E-state index contributed by atoms with van der Waals surface area (Å²) in [5, 5.41) is 17.4. The van der Waals surface area contributed by atoms with Crippen molar-refractivity contribution >= 4 is 0 Å². The first kappa shape index (κ1) is 8.96. The fraction of sp³-hybridized carbons (Fsp3) is 0.250. The first-order valence-electron chi connectivity index (χ1n) is 3.53. The fourth-order valence-corrected chi connectivity index (χ4v) is 0.867. The van der Waals surface area contributed by atoms with E-state index >= 15 is 0 Å². The van der Waals surface area contributed by atoms with Crippen LogP contribution >= 0.6 is 0 Å². The Kier molecular flexibility index (Phi) is 2.62. The number of hydroxylamine groups is 1.